The largest absolute Gasteiger partial charge is 0.476 e. The average molecular weight is 272 g/mol. The minimum atomic E-state index is -1.00. The maximum absolute atomic E-state index is 11.0. The lowest BCUT2D eigenvalue weighted by Crippen LogP contribution is -2.49. The van der Waals surface area contributed by atoms with Gasteiger partial charge in [-0.1, -0.05) is 0 Å². The third kappa shape index (κ3) is 2.47. The van der Waals surface area contributed by atoms with Gasteiger partial charge in [-0.15, -0.1) is 11.3 Å². The van der Waals surface area contributed by atoms with Gasteiger partial charge in [0, 0.05) is 11.4 Å². The number of anilines is 1. The summed E-state index contributed by atoms with van der Waals surface area (Å²) in [5, 5.41) is 18.8. The SMILES string of the molecule is Cc1sc(N2CC(CO)OCC2C)nc1C(=O)O. The molecule has 2 N–H and O–H groups in total. The molecule has 7 heteroatoms. The van der Waals surface area contributed by atoms with Crippen molar-refractivity contribution < 1.29 is 19.7 Å². The van der Waals surface area contributed by atoms with Gasteiger partial charge in [0.1, 0.15) is 0 Å². The van der Waals surface area contributed by atoms with Gasteiger partial charge in [0.25, 0.3) is 0 Å². The number of hydrogen-bond donors (Lipinski definition) is 2. The molecule has 0 aliphatic carbocycles. The van der Waals surface area contributed by atoms with Crippen LogP contribution in [0.5, 0.6) is 0 Å². The third-order valence-corrected chi connectivity index (χ3v) is 3.95. The molecule has 1 aromatic rings. The van der Waals surface area contributed by atoms with E-state index in [1.807, 2.05) is 11.8 Å². The van der Waals surface area contributed by atoms with Crippen molar-refractivity contribution in [2.75, 3.05) is 24.7 Å². The molecule has 0 spiro atoms. The lowest BCUT2D eigenvalue weighted by Gasteiger charge is -2.37. The van der Waals surface area contributed by atoms with Crippen molar-refractivity contribution >= 4 is 22.4 Å². The third-order valence-electron chi connectivity index (χ3n) is 2.94. The van der Waals surface area contributed by atoms with Crippen LogP contribution >= 0.6 is 11.3 Å². The standard InChI is InChI=1S/C11H16N2O4S/c1-6-5-17-8(4-14)3-13(6)11-12-9(10(15)16)7(2)18-11/h6,8,14H,3-5H2,1-2H3,(H,15,16). The Labute approximate surface area is 109 Å². The molecule has 1 aliphatic rings. The van der Waals surface area contributed by atoms with Crippen LogP contribution in [0.3, 0.4) is 0 Å². The summed E-state index contributed by atoms with van der Waals surface area (Å²) in [6, 6.07) is 0.125. The number of aromatic nitrogens is 1. The first-order valence-electron chi connectivity index (χ1n) is 5.72. The van der Waals surface area contributed by atoms with Gasteiger partial charge in [-0.2, -0.15) is 0 Å². The number of carboxylic acids is 1. The Morgan fingerprint density at radius 2 is 2.39 bits per heavy atom. The highest BCUT2D eigenvalue weighted by atomic mass is 32.1. The Hall–Kier alpha value is -1.18. The number of rotatable bonds is 3. The molecule has 2 atom stereocenters. The van der Waals surface area contributed by atoms with E-state index in [0.29, 0.717) is 23.2 Å². The highest BCUT2D eigenvalue weighted by Gasteiger charge is 2.29. The molecule has 0 radical (unpaired) electrons. The summed E-state index contributed by atoms with van der Waals surface area (Å²) in [5.41, 5.74) is 0.106. The summed E-state index contributed by atoms with van der Waals surface area (Å²) in [6.45, 7) is 4.74. The second-order valence-corrected chi connectivity index (χ2v) is 5.53. The topological polar surface area (TPSA) is 82.9 Å². The van der Waals surface area contributed by atoms with Gasteiger partial charge in [-0.05, 0) is 13.8 Å². The van der Waals surface area contributed by atoms with Crippen molar-refractivity contribution in [2.24, 2.45) is 0 Å². The number of aryl methyl sites for hydroxylation is 1. The fourth-order valence-electron chi connectivity index (χ4n) is 1.90. The zero-order valence-electron chi connectivity index (χ0n) is 10.3. The van der Waals surface area contributed by atoms with E-state index in [2.05, 4.69) is 4.98 Å². The fraction of sp³-hybridized carbons (Fsp3) is 0.636. The predicted molar refractivity (Wildman–Crippen MR) is 67.4 cm³/mol. The van der Waals surface area contributed by atoms with Crippen molar-refractivity contribution in [2.45, 2.75) is 26.0 Å². The molecule has 18 heavy (non-hydrogen) atoms. The molecule has 0 aromatic carbocycles. The van der Waals surface area contributed by atoms with Gasteiger partial charge in [-0.25, -0.2) is 9.78 Å². The first kappa shape index (κ1) is 13.3. The van der Waals surface area contributed by atoms with Crippen molar-refractivity contribution in [3.8, 4) is 0 Å². The van der Waals surface area contributed by atoms with E-state index in [1.165, 1.54) is 11.3 Å². The van der Waals surface area contributed by atoms with Gasteiger partial charge in [0.05, 0.1) is 25.4 Å². The quantitative estimate of drug-likeness (QED) is 0.844. The van der Waals surface area contributed by atoms with E-state index < -0.39 is 5.97 Å². The van der Waals surface area contributed by atoms with E-state index in [9.17, 15) is 4.79 Å². The monoisotopic (exact) mass is 272 g/mol. The molecule has 2 heterocycles. The number of hydrogen-bond acceptors (Lipinski definition) is 6. The maximum atomic E-state index is 11.0. The molecule has 100 valence electrons. The summed E-state index contributed by atoms with van der Waals surface area (Å²) in [7, 11) is 0. The normalized spacial score (nSPS) is 24.3. The van der Waals surface area contributed by atoms with Crippen molar-refractivity contribution in [3.05, 3.63) is 10.6 Å². The van der Waals surface area contributed by atoms with E-state index >= 15 is 0 Å². The molecular formula is C11H16N2O4S. The van der Waals surface area contributed by atoms with Crippen LogP contribution in [0.2, 0.25) is 0 Å². The molecule has 1 saturated heterocycles. The van der Waals surface area contributed by atoms with Gasteiger partial charge < -0.3 is 19.8 Å². The number of ether oxygens (including phenoxy) is 1. The van der Waals surface area contributed by atoms with Crippen molar-refractivity contribution in [1.82, 2.24) is 4.98 Å². The van der Waals surface area contributed by atoms with Gasteiger partial charge >= 0.3 is 5.97 Å². The first-order chi connectivity index (χ1) is 8.52. The predicted octanol–water partition coefficient (Wildman–Crippen LogP) is 0.736. The number of nitrogens with zero attached hydrogens (tertiary/aromatic N) is 2. The second kappa shape index (κ2) is 5.21. The van der Waals surface area contributed by atoms with E-state index in [1.54, 1.807) is 6.92 Å². The average Bonchev–Trinajstić information content (AvgIpc) is 2.72. The number of carboxylic acid groups (broad SMARTS) is 1. The van der Waals surface area contributed by atoms with E-state index in [4.69, 9.17) is 14.9 Å². The molecule has 1 aliphatic heterocycles. The Kier molecular flexibility index (Phi) is 3.84. The highest BCUT2D eigenvalue weighted by molar-refractivity contribution is 7.15. The van der Waals surface area contributed by atoms with Gasteiger partial charge in [0.2, 0.25) is 0 Å². The summed E-state index contributed by atoms with van der Waals surface area (Å²) >= 11 is 1.36. The van der Waals surface area contributed by atoms with Gasteiger partial charge in [0.15, 0.2) is 10.8 Å². The van der Waals surface area contributed by atoms with Crippen LogP contribution in [0.1, 0.15) is 22.3 Å². The van der Waals surface area contributed by atoms with Crippen LogP contribution in [0, 0.1) is 6.92 Å². The lowest BCUT2D eigenvalue weighted by molar-refractivity contribution is -0.0103. The number of aliphatic hydroxyl groups is 1. The Morgan fingerprint density at radius 3 is 2.94 bits per heavy atom. The number of aromatic carboxylic acids is 1. The fourth-order valence-corrected chi connectivity index (χ4v) is 2.91. The number of carbonyl (C=O) groups is 1. The zero-order chi connectivity index (χ0) is 13.3. The smallest absolute Gasteiger partial charge is 0.355 e. The lowest BCUT2D eigenvalue weighted by atomic mass is 10.2. The number of morpholine rings is 1. The van der Waals surface area contributed by atoms with Crippen molar-refractivity contribution in [1.29, 1.82) is 0 Å². The zero-order valence-corrected chi connectivity index (χ0v) is 11.1. The summed E-state index contributed by atoms with van der Waals surface area (Å²) in [5.74, 6) is -1.00. The van der Waals surface area contributed by atoms with Crippen LogP contribution in [-0.2, 0) is 4.74 Å². The Morgan fingerprint density at radius 1 is 1.67 bits per heavy atom. The molecule has 0 amide bonds. The first-order valence-corrected chi connectivity index (χ1v) is 6.54. The molecule has 2 unspecified atom stereocenters. The van der Waals surface area contributed by atoms with E-state index in [0.717, 1.165) is 0 Å². The molecular weight excluding hydrogens is 256 g/mol. The van der Waals surface area contributed by atoms with Crippen LogP contribution in [0.4, 0.5) is 5.13 Å². The Balaban J connectivity index is 2.23. The molecule has 1 aromatic heterocycles. The molecule has 0 saturated carbocycles. The summed E-state index contributed by atoms with van der Waals surface area (Å²) in [4.78, 5) is 17.8. The maximum Gasteiger partial charge on any atom is 0.355 e. The van der Waals surface area contributed by atoms with E-state index in [-0.39, 0.29) is 24.4 Å². The number of thiazole rings is 1. The minimum absolute atomic E-state index is 0.0423. The Bertz CT molecular complexity index is 448. The highest BCUT2D eigenvalue weighted by Crippen LogP contribution is 2.29. The van der Waals surface area contributed by atoms with Gasteiger partial charge in [-0.3, -0.25) is 0 Å². The molecule has 1 fully saturated rings. The van der Waals surface area contributed by atoms with Crippen LogP contribution < -0.4 is 4.90 Å². The van der Waals surface area contributed by atoms with Crippen LogP contribution in [-0.4, -0.2) is 53.1 Å². The number of aliphatic hydroxyl groups excluding tert-OH is 1. The summed E-state index contributed by atoms with van der Waals surface area (Å²) in [6.07, 6.45) is -0.237. The van der Waals surface area contributed by atoms with Crippen LogP contribution in [0.15, 0.2) is 0 Å². The summed E-state index contributed by atoms with van der Waals surface area (Å²) < 4.78 is 5.44. The molecule has 6 nitrogen and oxygen atoms in total. The van der Waals surface area contributed by atoms with Crippen molar-refractivity contribution in [3.63, 3.8) is 0 Å². The van der Waals surface area contributed by atoms with Crippen LogP contribution in [0.25, 0.3) is 0 Å². The minimum Gasteiger partial charge on any atom is -0.476 e. The second-order valence-electron chi connectivity index (χ2n) is 4.35. The molecule has 2 rings (SSSR count). The molecule has 0 bridgehead atoms.